The summed E-state index contributed by atoms with van der Waals surface area (Å²) in [7, 11) is 0. The number of rotatable bonds is 6. The Labute approximate surface area is 105 Å². The number of carbonyl (C=O) groups is 1. The molecule has 0 fully saturated rings. The van der Waals surface area contributed by atoms with Crippen LogP contribution in [0.5, 0.6) is 0 Å². The van der Waals surface area contributed by atoms with Crippen molar-refractivity contribution in [2.75, 3.05) is 12.3 Å². The Balaban J connectivity index is 2.39. The molecule has 1 aromatic rings. The molecule has 0 bridgehead atoms. The molecule has 0 aliphatic heterocycles. The van der Waals surface area contributed by atoms with E-state index in [0.717, 1.165) is 5.16 Å². The SMILES string of the molecule is CC(C)n1cnnc1SCC(=O)NC[C@@H](C)O. The van der Waals surface area contributed by atoms with E-state index in [1.807, 2.05) is 18.4 Å². The second-order valence-corrected chi connectivity index (χ2v) is 5.00. The van der Waals surface area contributed by atoms with Crippen LogP contribution in [0.1, 0.15) is 26.8 Å². The average molecular weight is 258 g/mol. The van der Waals surface area contributed by atoms with E-state index in [2.05, 4.69) is 15.5 Å². The summed E-state index contributed by atoms with van der Waals surface area (Å²) in [6.07, 6.45) is 1.13. The van der Waals surface area contributed by atoms with Crippen LogP contribution < -0.4 is 5.32 Å². The van der Waals surface area contributed by atoms with Gasteiger partial charge in [0.25, 0.3) is 0 Å². The van der Waals surface area contributed by atoms with Gasteiger partial charge in [-0.25, -0.2) is 0 Å². The van der Waals surface area contributed by atoms with Gasteiger partial charge in [0.05, 0.1) is 11.9 Å². The lowest BCUT2D eigenvalue weighted by Gasteiger charge is -2.09. The predicted octanol–water partition coefficient (Wildman–Crippen LogP) is 0.448. The average Bonchev–Trinajstić information content (AvgIpc) is 2.71. The fraction of sp³-hybridized carbons (Fsp3) is 0.700. The first-order valence-electron chi connectivity index (χ1n) is 5.47. The molecular formula is C10H18N4O2S. The molecule has 1 amide bonds. The van der Waals surface area contributed by atoms with Crippen LogP contribution in [0.3, 0.4) is 0 Å². The number of nitrogens with zero attached hydrogens (tertiary/aromatic N) is 3. The van der Waals surface area contributed by atoms with Gasteiger partial charge in [0.15, 0.2) is 5.16 Å². The van der Waals surface area contributed by atoms with E-state index >= 15 is 0 Å². The van der Waals surface area contributed by atoms with Gasteiger partial charge in [-0.3, -0.25) is 4.79 Å². The molecule has 0 saturated heterocycles. The van der Waals surface area contributed by atoms with E-state index in [1.54, 1.807) is 13.3 Å². The highest BCUT2D eigenvalue weighted by Gasteiger charge is 2.10. The van der Waals surface area contributed by atoms with Gasteiger partial charge in [-0.05, 0) is 20.8 Å². The van der Waals surface area contributed by atoms with Crippen molar-refractivity contribution in [1.82, 2.24) is 20.1 Å². The van der Waals surface area contributed by atoms with Crippen molar-refractivity contribution in [3.63, 3.8) is 0 Å². The van der Waals surface area contributed by atoms with Gasteiger partial charge in [-0.2, -0.15) is 0 Å². The molecule has 0 spiro atoms. The van der Waals surface area contributed by atoms with Crippen molar-refractivity contribution < 1.29 is 9.90 Å². The lowest BCUT2D eigenvalue weighted by Crippen LogP contribution is -2.31. The van der Waals surface area contributed by atoms with Crippen LogP contribution in [0.15, 0.2) is 11.5 Å². The van der Waals surface area contributed by atoms with E-state index in [-0.39, 0.29) is 24.2 Å². The van der Waals surface area contributed by atoms with Gasteiger partial charge in [0.1, 0.15) is 6.33 Å². The smallest absolute Gasteiger partial charge is 0.230 e. The number of nitrogens with one attached hydrogen (secondary N) is 1. The molecule has 0 saturated carbocycles. The Hall–Kier alpha value is -1.08. The van der Waals surface area contributed by atoms with Gasteiger partial charge < -0.3 is 15.0 Å². The van der Waals surface area contributed by atoms with Crippen molar-refractivity contribution in [3.05, 3.63) is 6.33 Å². The quantitative estimate of drug-likeness (QED) is 0.724. The summed E-state index contributed by atoms with van der Waals surface area (Å²) in [5.74, 6) is 0.159. The molecule has 96 valence electrons. The Morgan fingerprint density at radius 3 is 2.88 bits per heavy atom. The van der Waals surface area contributed by atoms with Crippen molar-refractivity contribution in [2.45, 2.75) is 38.1 Å². The zero-order valence-corrected chi connectivity index (χ0v) is 11.1. The van der Waals surface area contributed by atoms with E-state index in [1.165, 1.54) is 11.8 Å². The largest absolute Gasteiger partial charge is 0.392 e. The first kappa shape index (κ1) is 14.0. The molecule has 1 rings (SSSR count). The third kappa shape index (κ3) is 4.74. The number of hydrogen-bond donors (Lipinski definition) is 2. The number of aliphatic hydroxyl groups is 1. The number of thioether (sulfide) groups is 1. The van der Waals surface area contributed by atoms with Crippen LogP contribution in [0.25, 0.3) is 0 Å². The molecule has 17 heavy (non-hydrogen) atoms. The molecule has 0 radical (unpaired) electrons. The monoisotopic (exact) mass is 258 g/mol. The van der Waals surface area contributed by atoms with Crippen molar-refractivity contribution in [3.8, 4) is 0 Å². The molecule has 1 atom stereocenters. The zero-order chi connectivity index (χ0) is 12.8. The summed E-state index contributed by atoms with van der Waals surface area (Å²) in [5, 5.41) is 20.1. The molecule has 7 heteroatoms. The first-order valence-corrected chi connectivity index (χ1v) is 6.46. The number of carbonyl (C=O) groups excluding carboxylic acids is 1. The molecule has 1 heterocycles. The maximum absolute atomic E-state index is 11.4. The van der Waals surface area contributed by atoms with E-state index < -0.39 is 6.10 Å². The fourth-order valence-corrected chi connectivity index (χ4v) is 2.01. The molecule has 2 N–H and O–H groups in total. The Bertz CT molecular complexity index is 365. The van der Waals surface area contributed by atoms with Gasteiger partial charge in [0.2, 0.25) is 5.91 Å². The molecule has 0 unspecified atom stereocenters. The topological polar surface area (TPSA) is 80.0 Å². The zero-order valence-electron chi connectivity index (χ0n) is 10.3. The normalized spacial score (nSPS) is 12.8. The Kier molecular flexibility index (Phi) is 5.43. The van der Waals surface area contributed by atoms with Crippen LogP contribution in [-0.2, 0) is 4.79 Å². The minimum absolute atomic E-state index is 0.116. The van der Waals surface area contributed by atoms with E-state index in [9.17, 15) is 4.79 Å². The summed E-state index contributed by atoms with van der Waals surface area (Å²) in [5.41, 5.74) is 0. The van der Waals surface area contributed by atoms with Crippen LogP contribution >= 0.6 is 11.8 Å². The number of amides is 1. The third-order valence-electron chi connectivity index (χ3n) is 2.02. The van der Waals surface area contributed by atoms with Crippen molar-refractivity contribution in [1.29, 1.82) is 0 Å². The maximum atomic E-state index is 11.4. The second kappa shape index (κ2) is 6.61. The molecule has 6 nitrogen and oxygen atoms in total. The summed E-state index contributed by atoms with van der Waals surface area (Å²) in [6.45, 7) is 5.96. The van der Waals surface area contributed by atoms with Gasteiger partial charge in [-0.15, -0.1) is 10.2 Å². The van der Waals surface area contributed by atoms with E-state index in [0.29, 0.717) is 0 Å². The summed E-state index contributed by atoms with van der Waals surface area (Å²) in [6, 6.07) is 0.271. The van der Waals surface area contributed by atoms with Gasteiger partial charge in [0, 0.05) is 12.6 Å². The molecule has 0 aliphatic carbocycles. The number of aliphatic hydroxyl groups excluding tert-OH is 1. The van der Waals surface area contributed by atoms with Crippen molar-refractivity contribution >= 4 is 17.7 Å². The molecular weight excluding hydrogens is 240 g/mol. The van der Waals surface area contributed by atoms with Crippen LogP contribution in [0, 0.1) is 0 Å². The predicted molar refractivity (Wildman–Crippen MR) is 65.8 cm³/mol. The minimum atomic E-state index is -0.525. The lowest BCUT2D eigenvalue weighted by molar-refractivity contribution is -0.118. The summed E-state index contributed by atoms with van der Waals surface area (Å²) < 4.78 is 1.91. The lowest BCUT2D eigenvalue weighted by atomic mass is 10.4. The Morgan fingerprint density at radius 1 is 1.59 bits per heavy atom. The fourth-order valence-electron chi connectivity index (χ4n) is 1.13. The van der Waals surface area contributed by atoms with Crippen LogP contribution in [0.4, 0.5) is 0 Å². The van der Waals surface area contributed by atoms with Crippen LogP contribution in [0.2, 0.25) is 0 Å². The molecule has 0 aliphatic rings. The standard InChI is InChI=1S/C10H18N4O2S/c1-7(2)14-6-12-13-10(14)17-5-9(16)11-4-8(3)15/h6-8,15H,4-5H2,1-3H3,(H,11,16)/t8-/m1/s1. The van der Waals surface area contributed by atoms with Crippen LogP contribution in [-0.4, -0.2) is 44.2 Å². The summed E-state index contributed by atoms with van der Waals surface area (Å²) in [4.78, 5) is 11.4. The number of aromatic nitrogens is 3. The second-order valence-electron chi connectivity index (χ2n) is 4.06. The highest BCUT2D eigenvalue weighted by molar-refractivity contribution is 7.99. The van der Waals surface area contributed by atoms with Crippen molar-refractivity contribution in [2.24, 2.45) is 0 Å². The maximum Gasteiger partial charge on any atom is 0.230 e. The summed E-state index contributed by atoms with van der Waals surface area (Å²) >= 11 is 1.34. The first-order chi connectivity index (χ1) is 8.00. The van der Waals surface area contributed by atoms with Gasteiger partial charge >= 0.3 is 0 Å². The number of hydrogen-bond acceptors (Lipinski definition) is 5. The minimum Gasteiger partial charge on any atom is -0.392 e. The third-order valence-corrected chi connectivity index (χ3v) is 2.98. The van der Waals surface area contributed by atoms with Gasteiger partial charge in [-0.1, -0.05) is 11.8 Å². The molecule has 1 aromatic heterocycles. The molecule has 0 aromatic carbocycles. The highest BCUT2D eigenvalue weighted by atomic mass is 32.2. The Morgan fingerprint density at radius 2 is 2.29 bits per heavy atom. The van der Waals surface area contributed by atoms with E-state index in [4.69, 9.17) is 5.11 Å². The highest BCUT2D eigenvalue weighted by Crippen LogP contribution is 2.18.